The lowest BCUT2D eigenvalue weighted by molar-refractivity contribution is -0.139. The van der Waals surface area contributed by atoms with Crippen molar-refractivity contribution in [2.45, 2.75) is 57.6 Å². The summed E-state index contributed by atoms with van der Waals surface area (Å²) in [6.45, 7) is 6.71. The van der Waals surface area contributed by atoms with Crippen LogP contribution >= 0.6 is 34.8 Å². The molecule has 0 saturated carbocycles. The van der Waals surface area contributed by atoms with Gasteiger partial charge in [-0.1, -0.05) is 71.6 Å². The molecule has 214 valence electrons. The molecule has 7 nitrogen and oxygen atoms in total. The highest BCUT2D eigenvalue weighted by molar-refractivity contribution is 7.92. The number of aryl methyl sites for hydroxylation is 1. The van der Waals surface area contributed by atoms with Crippen LogP contribution in [0.2, 0.25) is 15.1 Å². The predicted molar refractivity (Wildman–Crippen MR) is 162 cm³/mol. The SMILES string of the molecule is CC[C@H](C)NC(=O)[C@@H](C)N(Cc1cccc(Cl)c1)C(=O)CN(c1ccc(Cl)c(Cl)c1)S(=O)(=O)c1ccc(C)cc1. The standard InChI is InChI=1S/C29H32Cl3N3O4S/c1-5-20(3)33-29(37)21(4)34(17-22-7-6-8-23(30)15-22)28(36)18-35(24-11-14-26(31)27(32)16-24)40(38,39)25-12-9-19(2)10-13-25/h6-16,20-21H,5,17-18H2,1-4H3,(H,33,37)/t20-,21+/m0/s1. The molecule has 0 heterocycles. The Bertz CT molecular complexity index is 1470. The average Bonchev–Trinajstić information content (AvgIpc) is 2.91. The molecule has 3 aromatic carbocycles. The number of halogens is 3. The Balaban J connectivity index is 2.05. The van der Waals surface area contributed by atoms with Crippen LogP contribution in [0.25, 0.3) is 0 Å². The van der Waals surface area contributed by atoms with Crippen molar-refractivity contribution in [1.82, 2.24) is 10.2 Å². The molecule has 1 N–H and O–H groups in total. The number of carbonyl (C=O) groups excluding carboxylic acids is 2. The minimum Gasteiger partial charge on any atom is -0.352 e. The van der Waals surface area contributed by atoms with E-state index in [0.717, 1.165) is 9.87 Å². The van der Waals surface area contributed by atoms with Gasteiger partial charge in [-0.25, -0.2) is 8.42 Å². The second kappa shape index (κ2) is 13.7. The molecule has 0 saturated heterocycles. The summed E-state index contributed by atoms with van der Waals surface area (Å²) in [5.74, 6) is -0.944. The number of hydrogen-bond donors (Lipinski definition) is 1. The zero-order chi connectivity index (χ0) is 29.6. The molecule has 0 aliphatic carbocycles. The summed E-state index contributed by atoms with van der Waals surface area (Å²) in [6.07, 6.45) is 0.709. The first kappa shape index (κ1) is 31.7. The average molecular weight is 625 g/mol. The molecule has 3 rings (SSSR count). The topological polar surface area (TPSA) is 86.8 Å². The van der Waals surface area contributed by atoms with Gasteiger partial charge in [-0.2, -0.15) is 0 Å². The van der Waals surface area contributed by atoms with E-state index >= 15 is 0 Å². The molecule has 0 aliphatic rings. The molecule has 0 radical (unpaired) electrons. The lowest BCUT2D eigenvalue weighted by Gasteiger charge is -2.32. The number of hydrogen-bond acceptors (Lipinski definition) is 4. The number of anilines is 1. The summed E-state index contributed by atoms with van der Waals surface area (Å²) >= 11 is 18.5. The van der Waals surface area contributed by atoms with Gasteiger partial charge in [0.25, 0.3) is 10.0 Å². The highest BCUT2D eigenvalue weighted by Crippen LogP contribution is 2.31. The minimum absolute atomic E-state index is 0.000857. The zero-order valence-electron chi connectivity index (χ0n) is 22.7. The molecule has 0 spiro atoms. The third kappa shape index (κ3) is 7.91. The van der Waals surface area contributed by atoms with E-state index in [2.05, 4.69) is 5.32 Å². The van der Waals surface area contributed by atoms with Gasteiger partial charge < -0.3 is 10.2 Å². The normalized spacial score (nSPS) is 12.9. The van der Waals surface area contributed by atoms with Gasteiger partial charge >= 0.3 is 0 Å². The number of benzene rings is 3. The van der Waals surface area contributed by atoms with Gasteiger partial charge in [-0.05, 0) is 75.2 Å². The van der Waals surface area contributed by atoms with Gasteiger partial charge in [0, 0.05) is 17.6 Å². The third-order valence-electron chi connectivity index (χ3n) is 6.49. The van der Waals surface area contributed by atoms with Crippen molar-refractivity contribution >= 4 is 62.3 Å². The van der Waals surface area contributed by atoms with Crippen LogP contribution < -0.4 is 9.62 Å². The molecule has 0 bridgehead atoms. The van der Waals surface area contributed by atoms with E-state index in [1.165, 1.54) is 35.2 Å². The molecule has 2 amide bonds. The molecule has 0 fully saturated rings. The van der Waals surface area contributed by atoms with Gasteiger partial charge in [0.2, 0.25) is 11.8 Å². The summed E-state index contributed by atoms with van der Waals surface area (Å²) in [4.78, 5) is 28.4. The number of rotatable bonds is 11. The van der Waals surface area contributed by atoms with E-state index in [1.807, 2.05) is 20.8 Å². The Labute approximate surface area is 251 Å². The number of sulfonamides is 1. The third-order valence-corrected chi connectivity index (χ3v) is 9.25. The maximum atomic E-state index is 13.9. The van der Waals surface area contributed by atoms with Crippen LogP contribution in [-0.4, -0.2) is 43.8 Å². The summed E-state index contributed by atoms with van der Waals surface area (Å²) in [5, 5.41) is 3.74. The second-order valence-corrected chi connectivity index (χ2v) is 12.7. The Hall–Kier alpha value is -2.78. The van der Waals surface area contributed by atoms with E-state index in [1.54, 1.807) is 43.3 Å². The van der Waals surface area contributed by atoms with Crippen molar-refractivity contribution in [3.8, 4) is 0 Å². The molecule has 40 heavy (non-hydrogen) atoms. The number of carbonyl (C=O) groups is 2. The Kier molecular flexibility index (Phi) is 10.9. The highest BCUT2D eigenvalue weighted by atomic mass is 35.5. The van der Waals surface area contributed by atoms with Crippen LogP contribution in [0.15, 0.2) is 71.6 Å². The van der Waals surface area contributed by atoms with Gasteiger partial charge in [0.1, 0.15) is 12.6 Å². The molecular weight excluding hydrogens is 593 g/mol. The maximum Gasteiger partial charge on any atom is 0.264 e. The molecular formula is C29H32Cl3N3O4S. The van der Waals surface area contributed by atoms with Crippen LogP contribution in [0.1, 0.15) is 38.3 Å². The fourth-order valence-corrected chi connectivity index (χ4v) is 5.80. The molecule has 0 aromatic heterocycles. The fourth-order valence-electron chi connectivity index (χ4n) is 3.89. The van der Waals surface area contributed by atoms with E-state index in [0.29, 0.717) is 17.0 Å². The zero-order valence-corrected chi connectivity index (χ0v) is 25.8. The predicted octanol–water partition coefficient (Wildman–Crippen LogP) is 6.48. The van der Waals surface area contributed by atoms with Gasteiger partial charge in [0.15, 0.2) is 0 Å². The first-order chi connectivity index (χ1) is 18.8. The second-order valence-electron chi connectivity index (χ2n) is 9.57. The molecule has 2 atom stereocenters. The van der Waals surface area contributed by atoms with E-state index in [9.17, 15) is 18.0 Å². The van der Waals surface area contributed by atoms with E-state index in [4.69, 9.17) is 34.8 Å². The first-order valence-electron chi connectivity index (χ1n) is 12.7. The lowest BCUT2D eigenvalue weighted by atomic mass is 10.1. The van der Waals surface area contributed by atoms with Crippen molar-refractivity contribution in [3.05, 3.63) is 92.9 Å². The summed E-state index contributed by atoms with van der Waals surface area (Å²) in [5.41, 5.74) is 1.72. The maximum absolute atomic E-state index is 13.9. The van der Waals surface area contributed by atoms with Crippen molar-refractivity contribution in [2.24, 2.45) is 0 Å². The number of nitrogens with zero attached hydrogens (tertiary/aromatic N) is 2. The van der Waals surface area contributed by atoms with E-state index < -0.39 is 28.5 Å². The van der Waals surface area contributed by atoms with Crippen molar-refractivity contribution in [3.63, 3.8) is 0 Å². The Morgan fingerprint density at radius 1 is 0.925 bits per heavy atom. The van der Waals surface area contributed by atoms with E-state index in [-0.39, 0.29) is 39.1 Å². The monoisotopic (exact) mass is 623 g/mol. The Morgan fingerprint density at radius 3 is 2.20 bits per heavy atom. The minimum atomic E-state index is -4.22. The smallest absolute Gasteiger partial charge is 0.264 e. The fraction of sp³-hybridized carbons (Fsp3) is 0.310. The first-order valence-corrected chi connectivity index (χ1v) is 15.3. The largest absolute Gasteiger partial charge is 0.352 e. The van der Waals surface area contributed by atoms with Gasteiger partial charge in [0.05, 0.1) is 20.6 Å². The summed E-state index contributed by atoms with van der Waals surface area (Å²) in [6, 6.07) is 16.6. The molecule has 0 aliphatic heterocycles. The van der Waals surface area contributed by atoms with Gasteiger partial charge in [-0.15, -0.1) is 0 Å². The molecule has 3 aromatic rings. The van der Waals surface area contributed by atoms with Crippen LogP contribution in [0.4, 0.5) is 5.69 Å². The van der Waals surface area contributed by atoms with Crippen molar-refractivity contribution in [2.75, 3.05) is 10.8 Å². The van der Waals surface area contributed by atoms with Crippen LogP contribution in [0.3, 0.4) is 0 Å². The Morgan fingerprint density at radius 2 is 1.60 bits per heavy atom. The summed E-state index contributed by atoms with van der Waals surface area (Å²) in [7, 11) is -4.22. The van der Waals surface area contributed by atoms with Crippen molar-refractivity contribution < 1.29 is 18.0 Å². The molecule has 11 heteroatoms. The number of amides is 2. The van der Waals surface area contributed by atoms with Crippen LogP contribution in [0.5, 0.6) is 0 Å². The van der Waals surface area contributed by atoms with Crippen molar-refractivity contribution in [1.29, 1.82) is 0 Å². The van der Waals surface area contributed by atoms with Crippen LogP contribution in [-0.2, 0) is 26.2 Å². The number of nitrogens with one attached hydrogen (secondary N) is 1. The quantitative estimate of drug-likeness (QED) is 0.265. The lowest BCUT2D eigenvalue weighted by Crippen LogP contribution is -2.52. The summed E-state index contributed by atoms with van der Waals surface area (Å²) < 4.78 is 28.7. The van der Waals surface area contributed by atoms with Gasteiger partial charge in [-0.3, -0.25) is 13.9 Å². The highest BCUT2D eigenvalue weighted by Gasteiger charge is 2.33. The molecule has 0 unspecified atom stereocenters. The van der Waals surface area contributed by atoms with Crippen LogP contribution in [0, 0.1) is 6.92 Å².